The fourth-order valence-corrected chi connectivity index (χ4v) is 9.44. The van der Waals surface area contributed by atoms with Gasteiger partial charge in [0.25, 0.3) is 0 Å². The number of aliphatic hydroxyl groups excluding tert-OH is 1. The zero-order valence-electron chi connectivity index (χ0n) is 22.1. The molecular weight excluding hydrogens is 392 g/mol. The zero-order valence-corrected chi connectivity index (χ0v) is 22.1. The molecule has 8 atom stereocenters. The van der Waals surface area contributed by atoms with Gasteiger partial charge in [-0.15, -0.1) is 0 Å². The lowest BCUT2D eigenvalue weighted by Crippen LogP contribution is -2.57. The van der Waals surface area contributed by atoms with Gasteiger partial charge in [-0.2, -0.15) is 0 Å². The molecule has 0 amide bonds. The summed E-state index contributed by atoms with van der Waals surface area (Å²) in [6.45, 7) is 18.6. The fraction of sp³-hybridized carbons (Fsp3) is 0.833. The first-order valence-corrected chi connectivity index (χ1v) is 13.3. The average molecular weight is 441 g/mol. The van der Waals surface area contributed by atoms with Crippen molar-refractivity contribution in [2.45, 2.75) is 113 Å². The predicted octanol–water partition coefficient (Wildman–Crippen LogP) is 7.51. The van der Waals surface area contributed by atoms with Gasteiger partial charge in [0, 0.05) is 11.8 Å². The quantitative estimate of drug-likeness (QED) is 0.459. The number of carbonyl (C=O) groups excluding carboxylic acids is 1. The first kappa shape index (κ1) is 24.2. The molecule has 3 saturated carbocycles. The molecule has 2 heteroatoms. The topological polar surface area (TPSA) is 37.3 Å². The standard InChI is InChI=1S/C30H48O2/c1-19(2)10-9-11-20(3)26-23(31)18-30(8)22-12-13-24-27(4,5)25(32)15-16-28(24,6)21(22)14-17-29(26,30)7/h10,12,20-21,23-24,26,31H,9,11,13-18H2,1-8H3/t20-,21-,23+,24+,26-,28-,29+,30-/m1/s1. The van der Waals surface area contributed by atoms with Gasteiger partial charge in [-0.05, 0) is 98.7 Å². The van der Waals surface area contributed by atoms with Gasteiger partial charge in [0.1, 0.15) is 5.78 Å². The number of aliphatic hydroxyl groups is 1. The van der Waals surface area contributed by atoms with E-state index in [1.807, 2.05) is 0 Å². The Bertz CT molecular complexity index is 830. The van der Waals surface area contributed by atoms with Crippen molar-refractivity contribution in [1.82, 2.24) is 0 Å². The van der Waals surface area contributed by atoms with E-state index in [0.29, 0.717) is 29.5 Å². The van der Waals surface area contributed by atoms with Crippen LogP contribution in [0, 0.1) is 45.3 Å². The van der Waals surface area contributed by atoms with E-state index >= 15 is 0 Å². The Morgan fingerprint density at radius 3 is 2.53 bits per heavy atom. The van der Waals surface area contributed by atoms with Gasteiger partial charge in [-0.25, -0.2) is 0 Å². The Labute approximate surface area is 197 Å². The Kier molecular flexibility index (Phi) is 5.93. The molecule has 3 fully saturated rings. The number of allylic oxidation sites excluding steroid dienone is 4. The third-order valence-corrected chi connectivity index (χ3v) is 11.4. The summed E-state index contributed by atoms with van der Waals surface area (Å²) < 4.78 is 0. The van der Waals surface area contributed by atoms with Crippen molar-refractivity contribution in [3.8, 4) is 0 Å². The van der Waals surface area contributed by atoms with Gasteiger partial charge in [0.15, 0.2) is 0 Å². The Balaban J connectivity index is 1.67. The lowest BCUT2D eigenvalue weighted by atomic mass is 9.41. The van der Waals surface area contributed by atoms with Gasteiger partial charge in [0.2, 0.25) is 0 Å². The van der Waals surface area contributed by atoms with E-state index in [0.717, 1.165) is 38.5 Å². The van der Waals surface area contributed by atoms with Gasteiger partial charge in [0.05, 0.1) is 6.10 Å². The largest absolute Gasteiger partial charge is 0.393 e. The molecule has 1 N–H and O–H groups in total. The lowest BCUT2D eigenvalue weighted by molar-refractivity contribution is -0.146. The Morgan fingerprint density at radius 1 is 1.19 bits per heavy atom. The summed E-state index contributed by atoms with van der Waals surface area (Å²) in [5.74, 6) is 2.38. The highest BCUT2D eigenvalue weighted by molar-refractivity contribution is 5.85. The summed E-state index contributed by atoms with van der Waals surface area (Å²) in [5.41, 5.74) is 3.27. The second kappa shape index (κ2) is 7.82. The van der Waals surface area contributed by atoms with Crippen molar-refractivity contribution < 1.29 is 9.90 Å². The number of Topliss-reactive ketones (excluding diaryl/α,β-unsaturated/α-hetero) is 1. The molecule has 180 valence electrons. The summed E-state index contributed by atoms with van der Waals surface area (Å²) in [5, 5.41) is 11.4. The molecule has 0 aromatic rings. The maximum absolute atomic E-state index is 12.8. The minimum Gasteiger partial charge on any atom is -0.393 e. The summed E-state index contributed by atoms with van der Waals surface area (Å²) >= 11 is 0. The number of hydrogen-bond acceptors (Lipinski definition) is 2. The average Bonchev–Trinajstić information content (AvgIpc) is 2.90. The fourth-order valence-electron chi connectivity index (χ4n) is 9.44. The number of fused-ring (bicyclic) bond motifs is 5. The number of rotatable bonds is 4. The molecule has 0 unspecified atom stereocenters. The van der Waals surface area contributed by atoms with Crippen LogP contribution in [0.3, 0.4) is 0 Å². The lowest BCUT2D eigenvalue weighted by Gasteiger charge is -2.63. The number of carbonyl (C=O) groups is 1. The SMILES string of the molecule is CC(C)=CCC[C@@H](C)[C@@H]1[C@@H](O)C[C@]2(C)C3=CC[C@H]4C(C)(C)C(=O)CC[C@]4(C)[C@@H]3CC[C@@]12C. The van der Waals surface area contributed by atoms with E-state index in [-0.39, 0.29) is 27.8 Å². The molecule has 0 aromatic carbocycles. The maximum atomic E-state index is 12.8. The molecule has 0 saturated heterocycles. The van der Waals surface area contributed by atoms with Crippen LogP contribution in [-0.2, 0) is 4.79 Å². The van der Waals surface area contributed by atoms with Crippen molar-refractivity contribution in [2.24, 2.45) is 45.3 Å². The van der Waals surface area contributed by atoms with Crippen LogP contribution in [0.25, 0.3) is 0 Å². The normalized spacial score (nSPS) is 45.9. The van der Waals surface area contributed by atoms with Crippen molar-refractivity contribution in [3.63, 3.8) is 0 Å². The highest BCUT2D eigenvalue weighted by Crippen LogP contribution is 2.73. The van der Waals surface area contributed by atoms with Crippen LogP contribution in [-0.4, -0.2) is 17.0 Å². The van der Waals surface area contributed by atoms with Crippen LogP contribution < -0.4 is 0 Å². The Morgan fingerprint density at radius 2 is 1.88 bits per heavy atom. The van der Waals surface area contributed by atoms with Crippen LogP contribution >= 0.6 is 0 Å². The van der Waals surface area contributed by atoms with E-state index in [9.17, 15) is 9.90 Å². The van der Waals surface area contributed by atoms with Gasteiger partial charge in [-0.1, -0.05) is 64.8 Å². The smallest absolute Gasteiger partial charge is 0.138 e. The first-order valence-electron chi connectivity index (χ1n) is 13.3. The van der Waals surface area contributed by atoms with Gasteiger partial charge in [-0.3, -0.25) is 4.79 Å². The maximum Gasteiger partial charge on any atom is 0.138 e. The van der Waals surface area contributed by atoms with Crippen molar-refractivity contribution in [3.05, 3.63) is 23.3 Å². The van der Waals surface area contributed by atoms with Gasteiger partial charge >= 0.3 is 0 Å². The van der Waals surface area contributed by atoms with E-state index in [2.05, 4.69) is 67.5 Å². The Hall–Kier alpha value is -0.890. The van der Waals surface area contributed by atoms with Crippen LogP contribution in [0.1, 0.15) is 107 Å². The number of ketones is 1. The molecule has 2 nitrogen and oxygen atoms in total. The van der Waals surface area contributed by atoms with Crippen molar-refractivity contribution >= 4 is 5.78 Å². The summed E-state index contributed by atoms with van der Waals surface area (Å²) in [6, 6.07) is 0. The van der Waals surface area contributed by atoms with E-state index in [1.54, 1.807) is 5.57 Å². The summed E-state index contributed by atoms with van der Waals surface area (Å²) in [7, 11) is 0. The van der Waals surface area contributed by atoms with Crippen molar-refractivity contribution in [2.75, 3.05) is 0 Å². The van der Waals surface area contributed by atoms with Crippen LogP contribution in [0.2, 0.25) is 0 Å². The molecule has 0 heterocycles. The monoisotopic (exact) mass is 440 g/mol. The predicted molar refractivity (Wildman–Crippen MR) is 133 cm³/mol. The third kappa shape index (κ3) is 3.25. The van der Waals surface area contributed by atoms with E-state index < -0.39 is 0 Å². The summed E-state index contributed by atoms with van der Waals surface area (Å²) in [4.78, 5) is 12.8. The molecule has 0 bridgehead atoms. The summed E-state index contributed by atoms with van der Waals surface area (Å²) in [6.07, 6.45) is 13.1. The van der Waals surface area contributed by atoms with Crippen LogP contribution in [0.15, 0.2) is 23.3 Å². The highest BCUT2D eigenvalue weighted by Gasteiger charge is 2.67. The van der Waals surface area contributed by atoms with Gasteiger partial charge < -0.3 is 5.11 Å². The van der Waals surface area contributed by atoms with E-state index in [1.165, 1.54) is 18.4 Å². The molecular formula is C30H48O2. The molecule has 0 radical (unpaired) electrons. The molecule has 0 spiro atoms. The molecule has 4 rings (SSSR count). The molecule has 4 aliphatic carbocycles. The number of hydrogen-bond donors (Lipinski definition) is 1. The minimum atomic E-state index is -0.214. The third-order valence-electron chi connectivity index (χ3n) is 11.4. The zero-order chi connectivity index (χ0) is 23.7. The van der Waals surface area contributed by atoms with Crippen LogP contribution in [0.4, 0.5) is 0 Å². The second-order valence-corrected chi connectivity index (χ2v) is 13.6. The first-order chi connectivity index (χ1) is 14.8. The van der Waals surface area contributed by atoms with Crippen molar-refractivity contribution in [1.29, 1.82) is 0 Å². The molecule has 32 heavy (non-hydrogen) atoms. The second-order valence-electron chi connectivity index (χ2n) is 13.6. The minimum absolute atomic E-state index is 0.0738. The molecule has 4 aliphatic rings. The van der Waals surface area contributed by atoms with Crippen LogP contribution in [0.5, 0.6) is 0 Å². The molecule has 0 aliphatic heterocycles. The molecule has 0 aromatic heterocycles. The van der Waals surface area contributed by atoms with E-state index in [4.69, 9.17) is 0 Å². The highest BCUT2D eigenvalue weighted by atomic mass is 16.3.